The third-order valence-electron chi connectivity index (χ3n) is 2.97. The van der Waals surface area contributed by atoms with E-state index in [0.29, 0.717) is 6.42 Å². The van der Waals surface area contributed by atoms with Gasteiger partial charge >= 0.3 is 0 Å². The SMILES string of the molecule is Cc1cc(Oc2ccc(CCC(=N)N)cc2)ccc1Cl. The molecule has 0 spiro atoms. The number of nitrogens with two attached hydrogens (primary N) is 1. The van der Waals surface area contributed by atoms with Crippen LogP contribution in [0.5, 0.6) is 11.5 Å². The van der Waals surface area contributed by atoms with Crippen LogP contribution >= 0.6 is 11.6 Å². The van der Waals surface area contributed by atoms with Crippen LogP contribution in [0.4, 0.5) is 0 Å². The largest absolute Gasteiger partial charge is 0.457 e. The Labute approximate surface area is 123 Å². The molecule has 2 rings (SSSR count). The lowest BCUT2D eigenvalue weighted by molar-refractivity contribution is 0.482. The molecule has 0 unspecified atom stereocenters. The minimum absolute atomic E-state index is 0.210. The first-order valence-electron chi connectivity index (χ1n) is 6.40. The first-order chi connectivity index (χ1) is 9.54. The molecule has 0 saturated carbocycles. The molecule has 0 aliphatic carbocycles. The normalized spacial score (nSPS) is 10.3. The van der Waals surface area contributed by atoms with Crippen LogP contribution in [0.3, 0.4) is 0 Å². The molecule has 0 aliphatic rings. The zero-order valence-electron chi connectivity index (χ0n) is 11.3. The number of rotatable bonds is 5. The van der Waals surface area contributed by atoms with Gasteiger partial charge in [0.15, 0.2) is 0 Å². The fourth-order valence-corrected chi connectivity index (χ4v) is 1.94. The fraction of sp³-hybridized carbons (Fsp3) is 0.188. The van der Waals surface area contributed by atoms with E-state index in [-0.39, 0.29) is 5.84 Å². The number of ether oxygens (including phenoxy) is 1. The van der Waals surface area contributed by atoms with Crippen LogP contribution in [0.15, 0.2) is 42.5 Å². The number of halogens is 1. The van der Waals surface area contributed by atoms with Gasteiger partial charge < -0.3 is 10.5 Å². The third-order valence-corrected chi connectivity index (χ3v) is 3.40. The molecule has 2 aromatic rings. The fourth-order valence-electron chi connectivity index (χ4n) is 1.82. The van der Waals surface area contributed by atoms with Crippen LogP contribution < -0.4 is 10.5 Å². The average Bonchev–Trinajstić information content (AvgIpc) is 2.42. The Balaban J connectivity index is 2.02. The van der Waals surface area contributed by atoms with Crippen molar-refractivity contribution in [3.63, 3.8) is 0 Å². The summed E-state index contributed by atoms with van der Waals surface area (Å²) in [5.74, 6) is 1.75. The van der Waals surface area contributed by atoms with Gasteiger partial charge in [-0.25, -0.2) is 0 Å². The molecule has 0 atom stereocenters. The van der Waals surface area contributed by atoms with Crippen molar-refractivity contribution in [1.82, 2.24) is 0 Å². The highest BCUT2D eigenvalue weighted by molar-refractivity contribution is 6.31. The predicted molar refractivity (Wildman–Crippen MR) is 82.9 cm³/mol. The van der Waals surface area contributed by atoms with Crippen molar-refractivity contribution in [3.05, 3.63) is 58.6 Å². The lowest BCUT2D eigenvalue weighted by Gasteiger charge is -2.08. The molecule has 0 bridgehead atoms. The van der Waals surface area contributed by atoms with Crippen molar-refractivity contribution < 1.29 is 4.74 Å². The van der Waals surface area contributed by atoms with Gasteiger partial charge in [-0.05, 0) is 54.8 Å². The Morgan fingerprint density at radius 1 is 1.15 bits per heavy atom. The Kier molecular flexibility index (Phi) is 4.64. The van der Waals surface area contributed by atoms with Gasteiger partial charge in [-0.3, -0.25) is 5.41 Å². The molecule has 104 valence electrons. The van der Waals surface area contributed by atoms with Crippen molar-refractivity contribution >= 4 is 17.4 Å². The van der Waals surface area contributed by atoms with E-state index >= 15 is 0 Å². The molecule has 0 radical (unpaired) electrons. The lowest BCUT2D eigenvalue weighted by atomic mass is 10.1. The Bertz CT molecular complexity index is 608. The molecule has 0 saturated heterocycles. The second kappa shape index (κ2) is 6.44. The zero-order valence-corrected chi connectivity index (χ0v) is 12.1. The zero-order chi connectivity index (χ0) is 14.5. The van der Waals surface area contributed by atoms with Gasteiger partial charge in [0.1, 0.15) is 11.5 Å². The van der Waals surface area contributed by atoms with Crippen molar-refractivity contribution in [2.24, 2.45) is 5.73 Å². The van der Waals surface area contributed by atoms with E-state index in [9.17, 15) is 0 Å². The summed E-state index contributed by atoms with van der Waals surface area (Å²) in [6.07, 6.45) is 1.35. The predicted octanol–water partition coefficient (Wildman–Crippen LogP) is 4.31. The van der Waals surface area contributed by atoms with Gasteiger partial charge in [0, 0.05) is 11.4 Å². The van der Waals surface area contributed by atoms with Crippen LogP contribution in [-0.4, -0.2) is 5.84 Å². The molecular formula is C16H17ClN2O. The maximum absolute atomic E-state index is 7.21. The van der Waals surface area contributed by atoms with Gasteiger partial charge in [-0.1, -0.05) is 23.7 Å². The summed E-state index contributed by atoms with van der Waals surface area (Å²) >= 11 is 5.98. The van der Waals surface area contributed by atoms with Crippen LogP contribution in [0.25, 0.3) is 0 Å². The minimum Gasteiger partial charge on any atom is -0.457 e. The number of aryl methyl sites for hydroxylation is 2. The minimum atomic E-state index is 0.210. The summed E-state index contributed by atoms with van der Waals surface area (Å²) in [7, 11) is 0. The molecular weight excluding hydrogens is 272 g/mol. The highest BCUT2D eigenvalue weighted by Crippen LogP contribution is 2.26. The number of nitrogens with one attached hydrogen (secondary N) is 1. The van der Waals surface area contributed by atoms with Crippen LogP contribution in [-0.2, 0) is 6.42 Å². The summed E-state index contributed by atoms with van der Waals surface area (Å²) in [6, 6.07) is 13.4. The number of hydrogen-bond acceptors (Lipinski definition) is 2. The Hall–Kier alpha value is -2.00. The maximum atomic E-state index is 7.21. The highest BCUT2D eigenvalue weighted by Gasteiger charge is 2.01. The van der Waals surface area contributed by atoms with Gasteiger partial charge in [-0.15, -0.1) is 0 Å². The average molecular weight is 289 g/mol. The van der Waals surface area contributed by atoms with Crippen LogP contribution in [0.1, 0.15) is 17.5 Å². The van der Waals surface area contributed by atoms with Gasteiger partial charge in [-0.2, -0.15) is 0 Å². The van der Waals surface area contributed by atoms with Crippen molar-refractivity contribution in [1.29, 1.82) is 5.41 Å². The van der Waals surface area contributed by atoms with Gasteiger partial charge in [0.2, 0.25) is 0 Å². The van der Waals surface area contributed by atoms with Gasteiger partial charge in [0.25, 0.3) is 0 Å². The van der Waals surface area contributed by atoms with E-state index in [0.717, 1.165) is 34.1 Å². The maximum Gasteiger partial charge on any atom is 0.127 e. The third kappa shape index (κ3) is 4.00. The molecule has 0 aliphatic heterocycles. The van der Waals surface area contributed by atoms with E-state index in [1.807, 2.05) is 49.4 Å². The summed E-state index contributed by atoms with van der Waals surface area (Å²) in [6.45, 7) is 1.94. The lowest BCUT2D eigenvalue weighted by Crippen LogP contribution is -2.10. The van der Waals surface area contributed by atoms with E-state index in [2.05, 4.69) is 0 Å². The molecule has 0 fully saturated rings. The Morgan fingerprint density at radius 2 is 1.80 bits per heavy atom. The molecule has 2 aromatic carbocycles. The first-order valence-corrected chi connectivity index (χ1v) is 6.78. The van der Waals surface area contributed by atoms with Gasteiger partial charge in [0.05, 0.1) is 5.84 Å². The van der Waals surface area contributed by atoms with Crippen LogP contribution in [0, 0.1) is 12.3 Å². The van der Waals surface area contributed by atoms with E-state index in [1.165, 1.54) is 0 Å². The molecule has 3 nitrogen and oxygen atoms in total. The summed E-state index contributed by atoms with van der Waals surface area (Å²) in [4.78, 5) is 0. The number of hydrogen-bond donors (Lipinski definition) is 2. The molecule has 20 heavy (non-hydrogen) atoms. The monoisotopic (exact) mass is 288 g/mol. The summed E-state index contributed by atoms with van der Waals surface area (Å²) in [5, 5.41) is 7.95. The summed E-state index contributed by atoms with van der Waals surface area (Å²) < 4.78 is 5.77. The van der Waals surface area contributed by atoms with E-state index in [4.69, 9.17) is 27.5 Å². The van der Waals surface area contributed by atoms with E-state index < -0.39 is 0 Å². The van der Waals surface area contributed by atoms with Crippen molar-refractivity contribution in [3.8, 4) is 11.5 Å². The van der Waals surface area contributed by atoms with Crippen LogP contribution in [0.2, 0.25) is 5.02 Å². The molecule has 3 N–H and O–H groups in total. The van der Waals surface area contributed by atoms with E-state index in [1.54, 1.807) is 0 Å². The second-order valence-corrected chi connectivity index (χ2v) is 5.09. The summed E-state index contributed by atoms with van der Waals surface area (Å²) in [5.41, 5.74) is 7.47. The smallest absolute Gasteiger partial charge is 0.127 e. The quantitative estimate of drug-likeness (QED) is 0.636. The van der Waals surface area contributed by atoms with Crippen molar-refractivity contribution in [2.45, 2.75) is 19.8 Å². The molecule has 0 amide bonds. The Morgan fingerprint density at radius 3 is 2.40 bits per heavy atom. The molecule has 4 heteroatoms. The van der Waals surface area contributed by atoms with Crippen molar-refractivity contribution in [2.75, 3.05) is 0 Å². The second-order valence-electron chi connectivity index (χ2n) is 4.68. The standard InChI is InChI=1S/C16H17ClN2O/c1-11-10-14(7-8-15(11)17)20-13-5-2-12(3-6-13)4-9-16(18)19/h2-3,5-8,10H,4,9H2,1H3,(H3,18,19). The topological polar surface area (TPSA) is 59.1 Å². The number of amidine groups is 1. The first kappa shape index (κ1) is 14.4. The highest BCUT2D eigenvalue weighted by atomic mass is 35.5. The molecule has 0 aromatic heterocycles. The number of benzene rings is 2. The molecule has 0 heterocycles.